The second-order valence-corrected chi connectivity index (χ2v) is 5.67. The van der Waals surface area contributed by atoms with Crippen molar-refractivity contribution >= 4 is 11.0 Å². The van der Waals surface area contributed by atoms with Crippen molar-refractivity contribution in [3.63, 3.8) is 0 Å². The molecule has 0 radical (unpaired) electrons. The minimum atomic E-state index is -0.560. The first-order valence-electron chi connectivity index (χ1n) is 8.04. The molecule has 1 heterocycles. The van der Waals surface area contributed by atoms with Crippen LogP contribution in [0.15, 0.2) is 54.6 Å². The topological polar surface area (TPSA) is 38.3 Å². The van der Waals surface area contributed by atoms with Gasteiger partial charge in [-0.25, -0.2) is 9.13 Å². The van der Waals surface area contributed by atoms with E-state index in [4.69, 9.17) is 4.74 Å². The van der Waals surface area contributed by atoms with E-state index in [-0.39, 0.29) is 6.61 Å². The van der Waals surface area contributed by atoms with Gasteiger partial charge in [0.25, 0.3) is 5.82 Å². The van der Waals surface area contributed by atoms with Crippen LogP contribution in [0.25, 0.3) is 11.0 Å². The zero-order valence-electron chi connectivity index (χ0n) is 13.6. The summed E-state index contributed by atoms with van der Waals surface area (Å²) in [6.07, 6.45) is -0.560. The summed E-state index contributed by atoms with van der Waals surface area (Å²) in [6, 6.07) is 17.9. The SMILES string of the molecule is CCn1c(C)[n+](CC(O)COc2ccccc2)c2ccccc21. The maximum absolute atomic E-state index is 10.4. The van der Waals surface area contributed by atoms with Gasteiger partial charge in [-0.1, -0.05) is 30.3 Å². The van der Waals surface area contributed by atoms with Crippen molar-refractivity contribution in [2.45, 2.75) is 33.0 Å². The summed E-state index contributed by atoms with van der Waals surface area (Å²) < 4.78 is 10.1. The molecule has 0 saturated heterocycles. The number of aryl methyl sites for hydroxylation is 1. The largest absolute Gasteiger partial charge is 0.491 e. The lowest BCUT2D eigenvalue weighted by Crippen LogP contribution is -2.44. The fourth-order valence-corrected chi connectivity index (χ4v) is 3.02. The number of nitrogens with zero attached hydrogens (tertiary/aromatic N) is 2. The predicted octanol–water partition coefficient (Wildman–Crippen LogP) is 2.70. The van der Waals surface area contributed by atoms with Gasteiger partial charge in [-0.2, -0.15) is 0 Å². The summed E-state index contributed by atoms with van der Waals surface area (Å²) in [6.45, 7) is 5.94. The van der Waals surface area contributed by atoms with Gasteiger partial charge in [0.05, 0.1) is 6.54 Å². The Morgan fingerprint density at radius 2 is 1.78 bits per heavy atom. The summed E-state index contributed by atoms with van der Waals surface area (Å²) >= 11 is 0. The van der Waals surface area contributed by atoms with E-state index < -0.39 is 6.10 Å². The number of rotatable bonds is 6. The second kappa shape index (κ2) is 6.84. The van der Waals surface area contributed by atoms with Crippen molar-refractivity contribution < 1.29 is 14.4 Å². The molecule has 1 N–H and O–H groups in total. The van der Waals surface area contributed by atoms with E-state index in [1.54, 1.807) is 0 Å². The van der Waals surface area contributed by atoms with Crippen LogP contribution in [0.3, 0.4) is 0 Å². The van der Waals surface area contributed by atoms with Crippen molar-refractivity contribution in [3.8, 4) is 5.75 Å². The summed E-state index contributed by atoms with van der Waals surface area (Å²) in [5.74, 6) is 1.93. The van der Waals surface area contributed by atoms with E-state index in [9.17, 15) is 5.11 Å². The fourth-order valence-electron chi connectivity index (χ4n) is 3.02. The molecule has 1 unspecified atom stereocenters. The number of aromatic nitrogens is 2. The van der Waals surface area contributed by atoms with Crippen molar-refractivity contribution in [3.05, 3.63) is 60.4 Å². The van der Waals surface area contributed by atoms with Crippen molar-refractivity contribution in [2.24, 2.45) is 0 Å². The van der Waals surface area contributed by atoms with Crippen molar-refractivity contribution in [2.75, 3.05) is 6.61 Å². The lowest BCUT2D eigenvalue weighted by atomic mass is 10.3. The first kappa shape index (κ1) is 15.6. The summed E-state index contributed by atoms with van der Waals surface area (Å²) in [4.78, 5) is 0. The monoisotopic (exact) mass is 311 g/mol. The molecule has 0 fully saturated rings. The molecule has 3 rings (SSSR count). The van der Waals surface area contributed by atoms with Gasteiger partial charge in [0.1, 0.15) is 25.0 Å². The van der Waals surface area contributed by atoms with Gasteiger partial charge >= 0.3 is 0 Å². The summed E-state index contributed by atoms with van der Waals surface area (Å²) in [5.41, 5.74) is 2.34. The van der Waals surface area contributed by atoms with Gasteiger partial charge in [0, 0.05) is 6.92 Å². The highest BCUT2D eigenvalue weighted by Gasteiger charge is 2.22. The molecule has 4 nitrogen and oxygen atoms in total. The van der Waals surface area contributed by atoms with Gasteiger partial charge in [-0.3, -0.25) is 0 Å². The number of aliphatic hydroxyl groups excluding tert-OH is 1. The molecule has 0 spiro atoms. The third-order valence-corrected chi connectivity index (χ3v) is 4.14. The van der Waals surface area contributed by atoms with E-state index in [0.29, 0.717) is 6.54 Å². The Hall–Kier alpha value is -2.33. The maximum atomic E-state index is 10.4. The molecule has 120 valence electrons. The number of ether oxygens (including phenoxy) is 1. The number of imidazole rings is 1. The third-order valence-electron chi connectivity index (χ3n) is 4.14. The average molecular weight is 311 g/mol. The molecule has 0 amide bonds. The molecule has 0 aliphatic heterocycles. The molecule has 1 aromatic heterocycles. The van der Waals surface area contributed by atoms with Crippen molar-refractivity contribution in [1.82, 2.24) is 4.57 Å². The molecule has 0 saturated carbocycles. The van der Waals surface area contributed by atoms with Crippen LogP contribution < -0.4 is 9.30 Å². The standard InChI is InChI=1S/C19H23N2O2/c1-3-20-15(2)21(19-12-8-7-11-18(19)20)13-16(22)14-23-17-9-5-4-6-10-17/h4-12,16,22H,3,13-14H2,1-2H3/q+1. The second-order valence-electron chi connectivity index (χ2n) is 5.67. The minimum absolute atomic E-state index is 0.280. The van der Waals surface area contributed by atoms with E-state index in [0.717, 1.165) is 23.6 Å². The van der Waals surface area contributed by atoms with Gasteiger partial charge in [-0.05, 0) is 31.2 Å². The first-order valence-corrected chi connectivity index (χ1v) is 8.04. The number of benzene rings is 2. The van der Waals surface area contributed by atoms with Gasteiger partial charge in [-0.15, -0.1) is 0 Å². The highest BCUT2D eigenvalue weighted by Crippen LogP contribution is 2.14. The van der Waals surface area contributed by atoms with Gasteiger partial charge < -0.3 is 9.84 Å². The molecular formula is C19H23N2O2+. The van der Waals surface area contributed by atoms with Crippen LogP contribution in [0.4, 0.5) is 0 Å². The number of para-hydroxylation sites is 3. The maximum Gasteiger partial charge on any atom is 0.254 e. The van der Waals surface area contributed by atoms with E-state index >= 15 is 0 Å². The zero-order chi connectivity index (χ0) is 16.2. The molecular weight excluding hydrogens is 288 g/mol. The molecule has 1 atom stereocenters. The number of hydrogen-bond donors (Lipinski definition) is 1. The quantitative estimate of drug-likeness (QED) is 0.711. The van der Waals surface area contributed by atoms with Gasteiger partial charge in [0.15, 0.2) is 11.0 Å². The Morgan fingerprint density at radius 3 is 2.52 bits per heavy atom. The van der Waals surface area contributed by atoms with Crippen LogP contribution in [0, 0.1) is 6.92 Å². The molecule has 2 aromatic carbocycles. The Bertz CT molecular complexity index is 781. The molecule has 4 heteroatoms. The summed E-state index contributed by atoms with van der Waals surface area (Å²) in [7, 11) is 0. The Kier molecular flexibility index (Phi) is 4.63. The smallest absolute Gasteiger partial charge is 0.254 e. The van der Waals surface area contributed by atoms with Crippen LogP contribution in [0.5, 0.6) is 5.75 Å². The summed E-state index contributed by atoms with van der Waals surface area (Å²) in [5, 5.41) is 10.4. The Balaban J connectivity index is 1.77. The van der Waals surface area contributed by atoms with E-state index in [1.807, 2.05) is 42.5 Å². The average Bonchev–Trinajstić information content (AvgIpc) is 2.85. The van der Waals surface area contributed by atoms with Crippen LogP contribution in [-0.2, 0) is 13.1 Å². The Labute approximate surface area is 136 Å². The molecule has 3 aromatic rings. The highest BCUT2D eigenvalue weighted by atomic mass is 16.5. The lowest BCUT2D eigenvalue weighted by Gasteiger charge is -2.11. The fraction of sp³-hybridized carbons (Fsp3) is 0.316. The number of aliphatic hydroxyl groups is 1. The normalized spacial score (nSPS) is 12.5. The highest BCUT2D eigenvalue weighted by molar-refractivity contribution is 5.72. The minimum Gasteiger partial charge on any atom is -0.491 e. The molecule has 0 bridgehead atoms. The Morgan fingerprint density at radius 1 is 1.09 bits per heavy atom. The van der Waals surface area contributed by atoms with Crippen LogP contribution >= 0.6 is 0 Å². The molecule has 0 aliphatic rings. The van der Waals surface area contributed by atoms with Crippen molar-refractivity contribution in [1.29, 1.82) is 0 Å². The predicted molar refractivity (Wildman–Crippen MR) is 90.5 cm³/mol. The third kappa shape index (κ3) is 3.22. The van der Waals surface area contributed by atoms with Crippen LogP contribution in [-0.4, -0.2) is 22.4 Å². The van der Waals surface area contributed by atoms with Crippen LogP contribution in [0.1, 0.15) is 12.7 Å². The number of hydrogen-bond acceptors (Lipinski definition) is 2. The molecule has 0 aliphatic carbocycles. The lowest BCUT2D eigenvalue weighted by molar-refractivity contribution is -0.685. The van der Waals surface area contributed by atoms with E-state index in [1.165, 1.54) is 5.52 Å². The van der Waals surface area contributed by atoms with Crippen LogP contribution in [0.2, 0.25) is 0 Å². The number of fused-ring (bicyclic) bond motifs is 1. The van der Waals surface area contributed by atoms with E-state index in [2.05, 4.69) is 35.1 Å². The van der Waals surface area contributed by atoms with Gasteiger partial charge in [0.2, 0.25) is 0 Å². The first-order chi connectivity index (χ1) is 11.2. The zero-order valence-corrected chi connectivity index (χ0v) is 13.6. The molecule has 23 heavy (non-hydrogen) atoms.